The van der Waals surface area contributed by atoms with Gasteiger partial charge in [0.15, 0.2) is 23.0 Å². The summed E-state index contributed by atoms with van der Waals surface area (Å²) < 4.78 is 0. The van der Waals surface area contributed by atoms with Gasteiger partial charge < -0.3 is 25.3 Å². The summed E-state index contributed by atoms with van der Waals surface area (Å²) in [5.41, 5.74) is -2.29. The lowest BCUT2D eigenvalue weighted by Gasteiger charge is -2.50. The van der Waals surface area contributed by atoms with Crippen LogP contribution in [0.5, 0.6) is 5.75 Å². The second kappa shape index (κ2) is 9.20. The van der Waals surface area contributed by atoms with Crippen molar-refractivity contribution < 1.29 is 39.6 Å². The first-order valence-corrected chi connectivity index (χ1v) is 12.1. The number of phenolic OH excluding ortho intramolecular Hbond substituents is 1. The number of benzene rings is 1. The molecule has 3 aliphatic rings. The number of Topliss-reactive ketones (excluding diaryl/α,β-unsaturated/α-hetero) is 4. The van der Waals surface area contributed by atoms with Gasteiger partial charge in [-0.3, -0.25) is 24.1 Å². The zero-order valence-electron chi connectivity index (χ0n) is 21.5. The number of carbonyl (C=O) groups is 4. The number of aliphatic hydroxyl groups excluding tert-OH is 2. The fraction of sp³-hybridized carbons (Fsp3) is 0.481. The minimum absolute atomic E-state index is 0.00288. The lowest BCUT2D eigenvalue weighted by atomic mass is 9.57. The molecule has 0 saturated heterocycles. The molecule has 37 heavy (non-hydrogen) atoms. The van der Waals surface area contributed by atoms with Crippen LogP contribution >= 0.6 is 0 Å². The Hall–Kier alpha value is -3.34. The SMILES string of the molecule is CC(=O)C1=C(O)[C@@]2(O)C(=O)C3=C(O)c4c(O)ccc(CC(=O)CN(C)C)c4C[C@H]3C[C@H]2[C@H](N(C)C)C1=O. The van der Waals surface area contributed by atoms with E-state index in [-0.39, 0.29) is 48.5 Å². The van der Waals surface area contributed by atoms with Gasteiger partial charge in [0.1, 0.15) is 22.8 Å². The topological polar surface area (TPSA) is 156 Å². The van der Waals surface area contributed by atoms with Crippen LogP contribution in [0.2, 0.25) is 0 Å². The van der Waals surface area contributed by atoms with E-state index in [1.807, 2.05) is 0 Å². The maximum atomic E-state index is 13.8. The van der Waals surface area contributed by atoms with Crippen molar-refractivity contribution in [3.63, 3.8) is 0 Å². The fourth-order valence-corrected chi connectivity index (χ4v) is 6.20. The number of fused-ring (bicyclic) bond motifs is 3. The summed E-state index contributed by atoms with van der Waals surface area (Å²) >= 11 is 0. The Bertz CT molecular complexity index is 1290. The highest BCUT2D eigenvalue weighted by Gasteiger charge is 2.64. The normalized spacial score (nSPS) is 27.4. The maximum Gasteiger partial charge on any atom is 0.202 e. The molecule has 0 aliphatic heterocycles. The molecule has 0 spiro atoms. The predicted octanol–water partition coefficient (Wildman–Crippen LogP) is 0.741. The van der Waals surface area contributed by atoms with Gasteiger partial charge in [-0.2, -0.15) is 0 Å². The molecule has 1 fully saturated rings. The Morgan fingerprint density at radius 3 is 2.30 bits per heavy atom. The fourth-order valence-electron chi connectivity index (χ4n) is 6.20. The number of rotatable bonds is 6. The van der Waals surface area contributed by atoms with E-state index in [9.17, 15) is 39.6 Å². The molecule has 3 aliphatic carbocycles. The molecule has 4 rings (SSSR count). The summed E-state index contributed by atoms with van der Waals surface area (Å²) in [6.07, 6.45) is 0.262. The highest BCUT2D eigenvalue weighted by atomic mass is 16.3. The van der Waals surface area contributed by atoms with E-state index in [1.165, 1.54) is 11.0 Å². The highest BCUT2D eigenvalue weighted by Crippen LogP contribution is 2.53. The summed E-state index contributed by atoms with van der Waals surface area (Å²) in [7, 11) is 6.71. The van der Waals surface area contributed by atoms with Crippen LogP contribution in [-0.2, 0) is 32.0 Å². The average molecular weight is 513 g/mol. The van der Waals surface area contributed by atoms with E-state index in [2.05, 4.69) is 0 Å². The first-order chi connectivity index (χ1) is 17.2. The van der Waals surface area contributed by atoms with E-state index < -0.39 is 57.9 Å². The molecule has 198 valence electrons. The molecule has 0 heterocycles. The highest BCUT2D eigenvalue weighted by molar-refractivity contribution is 6.25. The number of nitrogens with zero attached hydrogens (tertiary/aromatic N) is 2. The molecule has 4 N–H and O–H groups in total. The lowest BCUT2D eigenvalue weighted by Crippen LogP contribution is -2.65. The predicted molar refractivity (Wildman–Crippen MR) is 133 cm³/mol. The minimum Gasteiger partial charge on any atom is -0.508 e. The smallest absolute Gasteiger partial charge is 0.202 e. The van der Waals surface area contributed by atoms with Crippen molar-refractivity contribution in [3.05, 3.63) is 45.7 Å². The van der Waals surface area contributed by atoms with E-state index in [0.717, 1.165) is 6.92 Å². The third kappa shape index (κ3) is 4.00. The van der Waals surface area contributed by atoms with Crippen molar-refractivity contribution in [1.29, 1.82) is 0 Å². The molecule has 0 aromatic heterocycles. The van der Waals surface area contributed by atoms with Gasteiger partial charge in [0.2, 0.25) is 5.78 Å². The number of aromatic hydroxyl groups is 1. The molecule has 0 radical (unpaired) electrons. The Labute approximate surface area is 214 Å². The van der Waals surface area contributed by atoms with E-state index in [0.29, 0.717) is 11.1 Å². The molecule has 1 aromatic carbocycles. The number of hydrogen-bond donors (Lipinski definition) is 4. The van der Waals surface area contributed by atoms with Gasteiger partial charge in [-0.1, -0.05) is 6.07 Å². The number of ketones is 4. The molecule has 10 nitrogen and oxygen atoms in total. The van der Waals surface area contributed by atoms with Crippen LogP contribution < -0.4 is 0 Å². The monoisotopic (exact) mass is 512 g/mol. The Morgan fingerprint density at radius 1 is 1.08 bits per heavy atom. The molecular weight excluding hydrogens is 480 g/mol. The zero-order chi connectivity index (χ0) is 27.6. The van der Waals surface area contributed by atoms with Crippen LogP contribution in [0.3, 0.4) is 0 Å². The average Bonchev–Trinajstić information content (AvgIpc) is 2.77. The van der Waals surface area contributed by atoms with Crippen molar-refractivity contribution in [2.75, 3.05) is 34.7 Å². The van der Waals surface area contributed by atoms with Crippen LogP contribution in [0.1, 0.15) is 30.0 Å². The van der Waals surface area contributed by atoms with Gasteiger partial charge in [-0.05, 0) is 71.1 Å². The molecule has 10 heteroatoms. The molecule has 0 unspecified atom stereocenters. The van der Waals surface area contributed by atoms with Gasteiger partial charge >= 0.3 is 0 Å². The Balaban J connectivity index is 1.89. The van der Waals surface area contributed by atoms with Gasteiger partial charge in [-0.15, -0.1) is 0 Å². The summed E-state index contributed by atoms with van der Waals surface area (Å²) in [6.45, 7) is 1.27. The lowest BCUT2D eigenvalue weighted by molar-refractivity contribution is -0.153. The summed E-state index contributed by atoms with van der Waals surface area (Å²) in [6, 6.07) is 1.88. The second-order valence-corrected chi connectivity index (χ2v) is 10.7. The Kier molecular flexibility index (Phi) is 6.64. The zero-order valence-corrected chi connectivity index (χ0v) is 21.5. The number of phenols is 1. The molecular formula is C27H32N2O8. The molecule has 1 aromatic rings. The van der Waals surface area contributed by atoms with E-state index >= 15 is 0 Å². The van der Waals surface area contributed by atoms with Crippen LogP contribution in [0, 0.1) is 11.8 Å². The van der Waals surface area contributed by atoms with Gasteiger partial charge in [-0.25, -0.2) is 0 Å². The quantitative estimate of drug-likeness (QED) is 0.401. The molecule has 4 atom stereocenters. The first kappa shape index (κ1) is 26.7. The molecule has 1 saturated carbocycles. The summed E-state index contributed by atoms with van der Waals surface area (Å²) in [5.74, 6) is -6.14. The number of hydrogen-bond acceptors (Lipinski definition) is 10. The van der Waals surface area contributed by atoms with Crippen molar-refractivity contribution >= 4 is 28.9 Å². The van der Waals surface area contributed by atoms with Crippen molar-refractivity contribution in [1.82, 2.24) is 9.80 Å². The van der Waals surface area contributed by atoms with Crippen LogP contribution in [0.15, 0.2) is 29.0 Å². The van der Waals surface area contributed by atoms with E-state index in [1.54, 1.807) is 39.2 Å². The van der Waals surface area contributed by atoms with Crippen LogP contribution in [0.4, 0.5) is 0 Å². The molecule has 0 amide bonds. The maximum absolute atomic E-state index is 13.8. The minimum atomic E-state index is -2.60. The summed E-state index contributed by atoms with van der Waals surface area (Å²) in [5, 5.41) is 44.5. The molecule has 0 bridgehead atoms. The van der Waals surface area contributed by atoms with Gasteiger partial charge in [0, 0.05) is 17.9 Å². The number of carbonyl (C=O) groups excluding carboxylic acids is 4. The second-order valence-electron chi connectivity index (χ2n) is 10.7. The third-order valence-corrected chi connectivity index (χ3v) is 7.69. The third-order valence-electron chi connectivity index (χ3n) is 7.69. The van der Waals surface area contributed by atoms with Crippen molar-refractivity contribution in [2.45, 2.75) is 37.8 Å². The first-order valence-electron chi connectivity index (χ1n) is 12.1. The van der Waals surface area contributed by atoms with Crippen molar-refractivity contribution in [3.8, 4) is 5.75 Å². The summed E-state index contributed by atoms with van der Waals surface area (Å²) in [4.78, 5) is 55.1. The largest absolute Gasteiger partial charge is 0.508 e. The number of aliphatic hydroxyl groups is 3. The van der Waals surface area contributed by atoms with Gasteiger partial charge in [0.05, 0.1) is 18.2 Å². The number of likely N-dealkylation sites (N-methyl/N-ethyl adjacent to an activating group) is 2. The standard InChI is InChI=1S/C27H32N2O8/c1-12(30)19-24(34)22(29(4)5)17-10-14-9-16-13(8-15(31)11-28(2)3)6-7-18(32)21(16)23(33)20(14)26(36)27(17,37)25(19)35/h6-7,14,17,22,32-33,35,37H,8-11H2,1-5H3/t14-,17-,22-,27+/m0/s1. The van der Waals surface area contributed by atoms with Crippen molar-refractivity contribution in [2.24, 2.45) is 11.8 Å². The van der Waals surface area contributed by atoms with Crippen LogP contribution in [0.25, 0.3) is 5.76 Å². The Morgan fingerprint density at radius 2 is 1.73 bits per heavy atom. The van der Waals surface area contributed by atoms with E-state index in [4.69, 9.17) is 0 Å². The van der Waals surface area contributed by atoms with Gasteiger partial charge in [0.25, 0.3) is 0 Å². The van der Waals surface area contributed by atoms with Crippen LogP contribution in [-0.4, -0.2) is 99.7 Å².